The molecule has 102 valence electrons. The third kappa shape index (κ3) is 3.46. The molecule has 1 fully saturated rings. The van der Waals surface area contributed by atoms with E-state index < -0.39 is 0 Å². The molecule has 1 heterocycles. The van der Waals surface area contributed by atoms with Crippen LogP contribution < -0.4 is 10.2 Å². The first-order valence-corrected chi connectivity index (χ1v) is 6.68. The number of rotatable bonds is 8. The monoisotopic (exact) mass is 253 g/mol. The molecule has 2 rings (SSSR count). The number of nitrogens with one attached hydrogen (secondary N) is 1. The van der Waals surface area contributed by atoms with E-state index in [1.807, 2.05) is 0 Å². The molecule has 0 spiro atoms. The Morgan fingerprint density at radius 1 is 1.61 bits per heavy atom. The molecule has 0 aromatic carbocycles. The second kappa shape index (κ2) is 6.20. The molecule has 1 saturated carbocycles. The second-order valence-electron chi connectivity index (χ2n) is 4.87. The Balaban J connectivity index is 1.92. The van der Waals surface area contributed by atoms with Crippen molar-refractivity contribution in [2.45, 2.75) is 45.3 Å². The maximum absolute atomic E-state index is 5.56. The topological polar surface area (TPSA) is 50.5 Å². The van der Waals surface area contributed by atoms with Gasteiger partial charge in [-0.25, -0.2) is 0 Å². The molecule has 1 aromatic rings. The van der Waals surface area contributed by atoms with E-state index in [1.165, 1.54) is 12.8 Å². The van der Waals surface area contributed by atoms with Gasteiger partial charge < -0.3 is 19.4 Å². The van der Waals surface area contributed by atoms with Crippen LogP contribution in [0.25, 0.3) is 0 Å². The van der Waals surface area contributed by atoms with Gasteiger partial charge in [0.1, 0.15) is 6.26 Å². The molecule has 1 N–H and O–H groups in total. The number of oxazole rings is 1. The standard InChI is InChI=1S/C13H23N3O2/c1-4-16(10(2)8-17-3)13-15-12(9-18-13)7-14-11-5-6-11/h9-11,14H,4-8H2,1-3H3. The minimum atomic E-state index is 0.267. The SMILES string of the molecule is CCN(c1nc(CNC2CC2)co1)C(C)COC. The van der Waals surface area contributed by atoms with Crippen LogP contribution in [0, 0.1) is 0 Å². The van der Waals surface area contributed by atoms with Crippen LogP contribution in [0.2, 0.25) is 0 Å². The third-order valence-electron chi connectivity index (χ3n) is 3.22. The van der Waals surface area contributed by atoms with Crippen molar-refractivity contribution in [2.75, 3.05) is 25.2 Å². The van der Waals surface area contributed by atoms with Gasteiger partial charge in [0.25, 0.3) is 6.01 Å². The van der Waals surface area contributed by atoms with E-state index in [4.69, 9.17) is 9.15 Å². The molecule has 0 bridgehead atoms. The fourth-order valence-electron chi connectivity index (χ4n) is 2.01. The predicted molar refractivity (Wildman–Crippen MR) is 70.7 cm³/mol. The van der Waals surface area contributed by atoms with E-state index in [2.05, 4.69) is 29.0 Å². The van der Waals surface area contributed by atoms with Crippen LogP contribution >= 0.6 is 0 Å². The molecule has 0 radical (unpaired) electrons. The van der Waals surface area contributed by atoms with Crippen molar-refractivity contribution >= 4 is 6.01 Å². The number of hydrogen-bond donors (Lipinski definition) is 1. The lowest BCUT2D eigenvalue weighted by Gasteiger charge is -2.25. The molecule has 1 atom stereocenters. The van der Waals surface area contributed by atoms with Gasteiger partial charge in [0.05, 0.1) is 18.3 Å². The van der Waals surface area contributed by atoms with Crippen LogP contribution in [0.5, 0.6) is 0 Å². The molecule has 1 aliphatic carbocycles. The summed E-state index contributed by atoms with van der Waals surface area (Å²) in [4.78, 5) is 6.64. The van der Waals surface area contributed by atoms with Gasteiger partial charge in [0.2, 0.25) is 0 Å². The smallest absolute Gasteiger partial charge is 0.297 e. The zero-order chi connectivity index (χ0) is 13.0. The molecular weight excluding hydrogens is 230 g/mol. The van der Waals surface area contributed by atoms with Gasteiger partial charge in [-0.3, -0.25) is 0 Å². The number of ether oxygens (including phenoxy) is 1. The fourth-order valence-corrected chi connectivity index (χ4v) is 2.01. The normalized spacial score (nSPS) is 16.8. The molecule has 5 heteroatoms. The van der Waals surface area contributed by atoms with Gasteiger partial charge in [-0.1, -0.05) is 0 Å². The lowest BCUT2D eigenvalue weighted by Crippen LogP contribution is -2.36. The van der Waals surface area contributed by atoms with Crippen molar-refractivity contribution in [3.63, 3.8) is 0 Å². The maximum Gasteiger partial charge on any atom is 0.297 e. The Labute approximate surface area is 109 Å². The van der Waals surface area contributed by atoms with Crippen molar-refractivity contribution in [3.8, 4) is 0 Å². The Morgan fingerprint density at radius 2 is 2.39 bits per heavy atom. The summed E-state index contributed by atoms with van der Waals surface area (Å²) in [5, 5.41) is 3.43. The number of nitrogens with zero attached hydrogens (tertiary/aromatic N) is 2. The minimum Gasteiger partial charge on any atom is -0.432 e. The highest BCUT2D eigenvalue weighted by Crippen LogP contribution is 2.20. The molecule has 0 aliphatic heterocycles. The van der Waals surface area contributed by atoms with Crippen LogP contribution in [0.1, 0.15) is 32.4 Å². The van der Waals surface area contributed by atoms with Crippen LogP contribution in [0.3, 0.4) is 0 Å². The molecule has 5 nitrogen and oxygen atoms in total. The highest BCUT2D eigenvalue weighted by Gasteiger charge is 2.21. The Hall–Kier alpha value is -1.07. The summed E-state index contributed by atoms with van der Waals surface area (Å²) in [6, 6.07) is 1.65. The summed E-state index contributed by atoms with van der Waals surface area (Å²) < 4.78 is 10.7. The molecule has 18 heavy (non-hydrogen) atoms. The maximum atomic E-state index is 5.56. The molecule has 1 aliphatic rings. The first kappa shape index (κ1) is 13.4. The second-order valence-corrected chi connectivity index (χ2v) is 4.87. The van der Waals surface area contributed by atoms with Crippen LogP contribution in [-0.2, 0) is 11.3 Å². The van der Waals surface area contributed by atoms with E-state index >= 15 is 0 Å². The number of aromatic nitrogens is 1. The van der Waals surface area contributed by atoms with Gasteiger partial charge in [0.15, 0.2) is 0 Å². The average Bonchev–Trinajstić information content (AvgIpc) is 3.08. The summed E-state index contributed by atoms with van der Waals surface area (Å²) >= 11 is 0. The van der Waals surface area contributed by atoms with E-state index in [9.17, 15) is 0 Å². The number of anilines is 1. The minimum absolute atomic E-state index is 0.267. The predicted octanol–water partition coefficient (Wildman–Crippen LogP) is 1.79. The Kier molecular flexibility index (Phi) is 4.60. The summed E-state index contributed by atoms with van der Waals surface area (Å²) in [6.07, 6.45) is 4.32. The molecular formula is C13H23N3O2. The molecule has 1 aromatic heterocycles. The highest BCUT2D eigenvalue weighted by atomic mass is 16.5. The first-order chi connectivity index (χ1) is 8.74. The summed E-state index contributed by atoms with van der Waals surface area (Å²) in [6.45, 7) is 6.54. The van der Waals surface area contributed by atoms with Crippen LogP contribution in [0.4, 0.5) is 6.01 Å². The van der Waals surface area contributed by atoms with Crippen molar-refractivity contribution in [3.05, 3.63) is 12.0 Å². The van der Waals surface area contributed by atoms with Gasteiger partial charge in [-0.05, 0) is 26.7 Å². The van der Waals surface area contributed by atoms with Crippen LogP contribution in [0.15, 0.2) is 10.7 Å². The Bertz CT molecular complexity index is 363. The van der Waals surface area contributed by atoms with Gasteiger partial charge >= 0.3 is 0 Å². The first-order valence-electron chi connectivity index (χ1n) is 6.68. The third-order valence-corrected chi connectivity index (χ3v) is 3.22. The highest BCUT2D eigenvalue weighted by molar-refractivity contribution is 5.28. The Morgan fingerprint density at radius 3 is 3.00 bits per heavy atom. The fraction of sp³-hybridized carbons (Fsp3) is 0.769. The molecule has 0 saturated heterocycles. The number of methoxy groups -OCH3 is 1. The zero-order valence-corrected chi connectivity index (χ0v) is 11.5. The molecule has 1 unspecified atom stereocenters. The van der Waals surface area contributed by atoms with Crippen LogP contribution in [-0.4, -0.2) is 37.3 Å². The lowest BCUT2D eigenvalue weighted by molar-refractivity contribution is 0.180. The van der Waals surface area contributed by atoms with Gasteiger partial charge in [0, 0.05) is 26.2 Å². The van der Waals surface area contributed by atoms with E-state index in [0.29, 0.717) is 18.7 Å². The number of hydrogen-bond acceptors (Lipinski definition) is 5. The van der Waals surface area contributed by atoms with Gasteiger partial charge in [-0.2, -0.15) is 4.98 Å². The number of likely N-dealkylation sites (N-methyl/N-ethyl adjacent to an activating group) is 1. The van der Waals surface area contributed by atoms with E-state index in [1.54, 1.807) is 13.4 Å². The largest absolute Gasteiger partial charge is 0.432 e. The van der Waals surface area contributed by atoms with Crippen molar-refractivity contribution in [1.29, 1.82) is 0 Å². The van der Waals surface area contributed by atoms with E-state index in [-0.39, 0.29) is 6.04 Å². The van der Waals surface area contributed by atoms with Crippen molar-refractivity contribution in [2.24, 2.45) is 0 Å². The summed E-state index contributed by atoms with van der Waals surface area (Å²) in [7, 11) is 1.71. The van der Waals surface area contributed by atoms with Crippen molar-refractivity contribution in [1.82, 2.24) is 10.3 Å². The zero-order valence-electron chi connectivity index (χ0n) is 11.5. The lowest BCUT2D eigenvalue weighted by atomic mass is 10.3. The molecule has 0 amide bonds. The summed E-state index contributed by atoms with van der Waals surface area (Å²) in [5.74, 6) is 0. The summed E-state index contributed by atoms with van der Waals surface area (Å²) in [5.41, 5.74) is 0.972. The quantitative estimate of drug-likeness (QED) is 0.765. The van der Waals surface area contributed by atoms with Crippen molar-refractivity contribution < 1.29 is 9.15 Å². The van der Waals surface area contributed by atoms with E-state index in [0.717, 1.165) is 18.8 Å². The average molecular weight is 253 g/mol. The van der Waals surface area contributed by atoms with Gasteiger partial charge in [-0.15, -0.1) is 0 Å².